The SMILES string of the molecule is C=CC(=O)OCCCOC(=O)C1CCC(C(=O)OC2CCC(C(=O)Oc3ccc(OC(=O)C4CCC(OC(=O)C5CCC(C(=O)OCCCOC(=O)C=C)CC5)CC4)c4sc(C5C(=O)N(c6ccccc6)N=C5C(=O)OCC)nc34)CC2)CC1. The number of anilines is 1. The Kier molecular flexibility index (Phi) is 22.3. The Balaban J connectivity index is 0.870. The van der Waals surface area contributed by atoms with Crippen molar-refractivity contribution in [1.82, 2.24) is 4.98 Å². The monoisotopic (exact) mass is 1180 g/mol. The number of fused-ring (bicyclic) bond motifs is 1. The first kappa shape index (κ1) is 62.2. The van der Waals surface area contributed by atoms with Crippen LogP contribution in [-0.2, 0) is 81.1 Å². The number of hydrazone groups is 1. The number of ether oxygens (including phenoxy) is 9. The molecule has 0 saturated heterocycles. The van der Waals surface area contributed by atoms with Gasteiger partial charge in [0, 0.05) is 25.0 Å². The van der Waals surface area contributed by atoms with Gasteiger partial charge < -0.3 is 42.6 Å². The average molecular weight is 1180 g/mol. The summed E-state index contributed by atoms with van der Waals surface area (Å²) in [6, 6.07) is 11.5. The van der Waals surface area contributed by atoms with Gasteiger partial charge >= 0.3 is 53.7 Å². The zero-order valence-electron chi connectivity index (χ0n) is 47.1. The van der Waals surface area contributed by atoms with Crippen molar-refractivity contribution in [3.63, 3.8) is 0 Å². The number of esters is 9. The van der Waals surface area contributed by atoms with Gasteiger partial charge in [-0.05, 0) is 134 Å². The second-order valence-electron chi connectivity index (χ2n) is 21.5. The number of benzene rings is 2. The molecule has 1 atom stereocenters. The molecule has 2 aromatic carbocycles. The third-order valence-corrected chi connectivity index (χ3v) is 17.0. The Morgan fingerprint density at radius 1 is 0.536 bits per heavy atom. The molecule has 8 rings (SSSR count). The molecule has 1 aliphatic heterocycles. The molecular formula is C61H71N3O19S. The Morgan fingerprint density at radius 3 is 1.42 bits per heavy atom. The fraction of sp³-hybridized carbons (Fsp3) is 0.541. The first-order chi connectivity index (χ1) is 40.6. The highest BCUT2D eigenvalue weighted by atomic mass is 32.1. The van der Waals surface area contributed by atoms with E-state index in [-0.39, 0.29) is 113 Å². The molecule has 4 fully saturated rings. The molecule has 3 aromatic rings. The first-order valence-corrected chi connectivity index (χ1v) is 29.8. The number of amides is 1. The van der Waals surface area contributed by atoms with Crippen LogP contribution in [0.4, 0.5) is 5.69 Å². The topological polar surface area (TPSA) is 282 Å². The number of hydrogen-bond acceptors (Lipinski definition) is 22. The van der Waals surface area contributed by atoms with Gasteiger partial charge in [-0.25, -0.2) is 19.4 Å². The van der Waals surface area contributed by atoms with Crippen LogP contribution in [0, 0.1) is 35.5 Å². The zero-order valence-corrected chi connectivity index (χ0v) is 47.9. The van der Waals surface area contributed by atoms with Crippen molar-refractivity contribution >= 4 is 92.6 Å². The number of nitrogens with zero attached hydrogens (tertiary/aromatic N) is 3. The van der Waals surface area contributed by atoms with Crippen LogP contribution in [0.15, 0.2) is 72.9 Å². The lowest BCUT2D eigenvalue weighted by molar-refractivity contribution is -0.161. The van der Waals surface area contributed by atoms with Gasteiger partial charge in [-0.15, -0.1) is 11.3 Å². The number of thiazole rings is 1. The first-order valence-electron chi connectivity index (χ1n) is 29.0. The highest BCUT2D eigenvalue weighted by Gasteiger charge is 2.45. The molecule has 23 heteroatoms. The predicted octanol–water partition coefficient (Wildman–Crippen LogP) is 8.30. The highest BCUT2D eigenvalue weighted by molar-refractivity contribution is 7.19. The van der Waals surface area contributed by atoms with Gasteiger partial charge in [0.2, 0.25) is 0 Å². The lowest BCUT2D eigenvalue weighted by Crippen LogP contribution is -2.33. The van der Waals surface area contributed by atoms with E-state index in [1.54, 1.807) is 37.3 Å². The zero-order chi connectivity index (χ0) is 59.7. The van der Waals surface area contributed by atoms with E-state index in [0.29, 0.717) is 121 Å². The van der Waals surface area contributed by atoms with E-state index in [0.717, 1.165) is 28.5 Å². The molecule has 0 spiro atoms. The Labute approximate surface area is 489 Å². The highest BCUT2D eigenvalue weighted by Crippen LogP contribution is 2.44. The van der Waals surface area contributed by atoms with Gasteiger partial charge in [-0.3, -0.25) is 33.6 Å². The number of aromatic nitrogens is 1. The number of rotatable bonds is 24. The van der Waals surface area contributed by atoms with E-state index in [2.05, 4.69) is 18.3 Å². The van der Waals surface area contributed by atoms with Crippen molar-refractivity contribution in [2.24, 2.45) is 40.6 Å². The summed E-state index contributed by atoms with van der Waals surface area (Å²) in [6.45, 7) is 8.74. The van der Waals surface area contributed by atoms with Crippen LogP contribution < -0.4 is 14.5 Å². The minimum absolute atomic E-state index is 0.00363. The molecule has 1 aromatic heterocycles. The van der Waals surface area contributed by atoms with Crippen LogP contribution in [0.5, 0.6) is 11.5 Å². The van der Waals surface area contributed by atoms with E-state index in [9.17, 15) is 47.9 Å². The number of carbonyl (C=O) groups is 10. The van der Waals surface area contributed by atoms with Crippen molar-refractivity contribution in [3.8, 4) is 11.5 Å². The van der Waals surface area contributed by atoms with Crippen molar-refractivity contribution in [2.45, 2.75) is 141 Å². The van der Waals surface area contributed by atoms with Crippen molar-refractivity contribution in [3.05, 3.63) is 72.8 Å². The van der Waals surface area contributed by atoms with Crippen LogP contribution in [0.1, 0.15) is 133 Å². The number of hydrogen-bond donors (Lipinski definition) is 0. The molecule has 5 aliphatic rings. The number of carbonyl (C=O) groups excluding carboxylic acids is 10. The number of para-hydroxylation sites is 1. The molecule has 1 unspecified atom stereocenters. The molecule has 0 N–H and O–H groups in total. The molecule has 84 heavy (non-hydrogen) atoms. The fourth-order valence-electron chi connectivity index (χ4n) is 11.1. The van der Waals surface area contributed by atoms with Crippen LogP contribution >= 0.6 is 11.3 Å². The minimum atomic E-state index is -1.33. The van der Waals surface area contributed by atoms with Crippen LogP contribution in [0.25, 0.3) is 10.2 Å². The Hall–Kier alpha value is -7.82. The summed E-state index contributed by atoms with van der Waals surface area (Å²) in [6.07, 6.45) is 8.85. The smallest absolute Gasteiger partial charge is 0.355 e. The third-order valence-electron chi connectivity index (χ3n) is 15.8. The van der Waals surface area contributed by atoms with Gasteiger partial charge in [-0.2, -0.15) is 10.1 Å². The van der Waals surface area contributed by atoms with E-state index in [4.69, 9.17) is 47.6 Å². The fourth-order valence-corrected chi connectivity index (χ4v) is 12.2. The lowest BCUT2D eigenvalue weighted by Gasteiger charge is -2.30. The maximum absolute atomic E-state index is 14.3. The summed E-state index contributed by atoms with van der Waals surface area (Å²) >= 11 is 0.977. The molecule has 450 valence electrons. The van der Waals surface area contributed by atoms with Crippen molar-refractivity contribution in [1.29, 1.82) is 0 Å². The minimum Gasteiger partial charge on any atom is -0.465 e. The van der Waals surface area contributed by atoms with Crippen LogP contribution in [0.2, 0.25) is 0 Å². The molecular weight excluding hydrogens is 1110 g/mol. The van der Waals surface area contributed by atoms with Gasteiger partial charge in [-0.1, -0.05) is 31.4 Å². The van der Waals surface area contributed by atoms with Crippen molar-refractivity contribution < 1.29 is 90.6 Å². The van der Waals surface area contributed by atoms with Gasteiger partial charge in [0.05, 0.1) is 74.2 Å². The quantitative estimate of drug-likeness (QED) is 0.0268. The average Bonchev–Trinajstić information content (AvgIpc) is 4.23. The molecule has 0 bridgehead atoms. The summed E-state index contributed by atoms with van der Waals surface area (Å²) < 4.78 is 50.2. The van der Waals surface area contributed by atoms with E-state index in [1.165, 1.54) is 12.1 Å². The molecule has 4 aliphatic carbocycles. The molecule has 2 heterocycles. The van der Waals surface area contributed by atoms with E-state index < -0.39 is 65.7 Å². The summed E-state index contributed by atoms with van der Waals surface area (Å²) in [5.41, 5.74) is 0.287. The summed E-state index contributed by atoms with van der Waals surface area (Å²) in [5, 5.41) is 5.62. The second kappa shape index (κ2) is 30.1. The van der Waals surface area contributed by atoms with Crippen molar-refractivity contribution in [2.75, 3.05) is 38.0 Å². The van der Waals surface area contributed by atoms with E-state index in [1.807, 2.05) is 0 Å². The summed E-state index contributed by atoms with van der Waals surface area (Å²) in [5.74, 6) is -8.79. The van der Waals surface area contributed by atoms with Gasteiger partial charge in [0.1, 0.15) is 33.4 Å². The second-order valence-corrected chi connectivity index (χ2v) is 22.5. The summed E-state index contributed by atoms with van der Waals surface area (Å²) in [7, 11) is 0. The summed E-state index contributed by atoms with van der Waals surface area (Å²) in [4.78, 5) is 135. The molecule has 22 nitrogen and oxygen atoms in total. The standard InChI is InChI=1S/C61H71N3O19S/c1-4-47(65)76-32-10-34-78-55(68)36-14-18-38(19-15-36)57(70)80-43-26-22-40(23-27-43)59(72)82-45-30-31-46(52-50(45)62-53(84-52)49-51(61(74)75-6-3)63-64(54(49)67)42-12-8-7-9-13-42)83-60(73)41-24-28-44(29-25-41)81-58(71)39-20-16-37(17-21-39)56(69)79-35-11-33-77-48(66)5-2/h4-5,7-9,12-13,30-31,36-41,43-44,49H,1-2,6,10-11,14-29,32-35H2,3H3. The largest absolute Gasteiger partial charge is 0.465 e. The maximum atomic E-state index is 14.3. The van der Waals surface area contributed by atoms with Crippen LogP contribution in [-0.4, -0.2) is 116 Å². The molecule has 4 saturated carbocycles. The maximum Gasteiger partial charge on any atom is 0.355 e. The Bertz CT molecular complexity index is 2800. The van der Waals surface area contributed by atoms with E-state index >= 15 is 0 Å². The van der Waals surface area contributed by atoms with Gasteiger partial charge in [0.15, 0.2) is 17.2 Å². The normalized spacial score (nSPS) is 24.1. The lowest BCUT2D eigenvalue weighted by atomic mass is 9.82. The van der Waals surface area contributed by atoms with Crippen LogP contribution in [0.3, 0.4) is 0 Å². The van der Waals surface area contributed by atoms with Gasteiger partial charge in [0.25, 0.3) is 5.91 Å². The molecule has 1 amide bonds. The predicted molar refractivity (Wildman–Crippen MR) is 300 cm³/mol. The molecule has 0 radical (unpaired) electrons. The third kappa shape index (κ3) is 16.3. The Morgan fingerprint density at radius 2 is 0.952 bits per heavy atom.